The van der Waals surface area contributed by atoms with Crippen LogP contribution in [0.4, 0.5) is 0 Å². The summed E-state index contributed by atoms with van der Waals surface area (Å²) in [5, 5.41) is 1.38. The summed E-state index contributed by atoms with van der Waals surface area (Å²) in [5.41, 5.74) is 0. The molecule has 0 bridgehead atoms. The Bertz CT molecular complexity index is 542. The van der Waals surface area contributed by atoms with Crippen molar-refractivity contribution in [3.8, 4) is 0 Å². The van der Waals surface area contributed by atoms with Crippen molar-refractivity contribution in [2.45, 2.75) is 72.6 Å². The number of hydrogen-bond donors (Lipinski definition) is 0. The van der Waals surface area contributed by atoms with Crippen LogP contribution in [0.1, 0.15) is 59.3 Å². The van der Waals surface area contributed by atoms with Crippen LogP contribution in [0.3, 0.4) is 0 Å². The maximum absolute atomic E-state index is 4.38. The molecular weight excluding hydrogens is 393 g/mol. The van der Waals surface area contributed by atoms with Crippen LogP contribution in [-0.2, 0) is 0 Å². The molecule has 0 aliphatic carbocycles. The minimum absolute atomic E-state index is 1.35. The third-order valence-electron chi connectivity index (χ3n) is 4.99. The topological polar surface area (TPSA) is 12.9 Å². The van der Waals surface area contributed by atoms with Gasteiger partial charge in [0.15, 0.2) is 0 Å². The van der Waals surface area contributed by atoms with Gasteiger partial charge in [-0.1, -0.05) is 0 Å². The van der Waals surface area contributed by atoms with Gasteiger partial charge in [-0.2, -0.15) is 0 Å². The number of hydrogen-bond acceptors (Lipinski definition) is 2. The molecule has 0 atom stereocenters. The Hall–Kier alpha value is -0.0913. The number of unbranched alkanes of at least 4 members (excludes halogenated alkanes) is 3. The number of nitrogens with zero attached hydrogens (tertiary/aromatic N) is 1. The molecule has 0 saturated carbocycles. The molecule has 2 aromatic rings. The quantitative estimate of drug-likeness (QED) is 0.405. The van der Waals surface area contributed by atoms with E-state index < -0.39 is 18.4 Å². The average molecular weight is 424 g/mol. The first-order valence-electron chi connectivity index (χ1n) is 9.10. The van der Waals surface area contributed by atoms with Gasteiger partial charge in [0.05, 0.1) is 0 Å². The van der Waals surface area contributed by atoms with Crippen LogP contribution in [-0.4, -0.2) is 22.8 Å². The Morgan fingerprint density at radius 2 is 1.50 bits per heavy atom. The molecule has 0 fully saturated rings. The number of rotatable bonds is 10. The van der Waals surface area contributed by atoms with E-state index in [0.29, 0.717) is 0 Å². The number of aromatic nitrogens is 1. The summed E-state index contributed by atoms with van der Waals surface area (Å²) < 4.78 is 12.2. The fourth-order valence-corrected chi connectivity index (χ4v) is 20.2. The van der Waals surface area contributed by atoms with Crippen molar-refractivity contribution < 1.29 is 0 Å². The van der Waals surface area contributed by atoms with Crippen LogP contribution >= 0.6 is 11.5 Å². The molecule has 22 heavy (non-hydrogen) atoms. The van der Waals surface area contributed by atoms with Crippen LogP contribution in [0.2, 0.25) is 13.3 Å². The number of fused-ring (bicyclic) bond motifs is 1. The Kier molecular flexibility index (Phi) is 7.69. The van der Waals surface area contributed by atoms with Gasteiger partial charge >= 0.3 is 145 Å². The summed E-state index contributed by atoms with van der Waals surface area (Å²) in [6.45, 7) is 7.05. The first-order chi connectivity index (χ1) is 10.8. The van der Waals surface area contributed by atoms with Gasteiger partial charge in [0, 0.05) is 0 Å². The van der Waals surface area contributed by atoms with Gasteiger partial charge in [-0.25, -0.2) is 0 Å². The van der Waals surface area contributed by atoms with Gasteiger partial charge in [0.1, 0.15) is 0 Å². The summed E-state index contributed by atoms with van der Waals surface area (Å²) >= 11 is -0.603. The Morgan fingerprint density at radius 3 is 2.05 bits per heavy atom. The van der Waals surface area contributed by atoms with Gasteiger partial charge in [-0.15, -0.1) is 0 Å². The Balaban J connectivity index is 2.36. The van der Waals surface area contributed by atoms with Crippen LogP contribution in [0.15, 0.2) is 24.4 Å². The molecule has 1 aromatic heterocycles. The van der Waals surface area contributed by atoms with Crippen LogP contribution < -0.4 is 3.58 Å². The summed E-state index contributed by atoms with van der Waals surface area (Å²) in [6.07, 6.45) is 10.4. The number of benzene rings is 1. The van der Waals surface area contributed by atoms with Crippen molar-refractivity contribution in [1.29, 1.82) is 0 Å². The third-order valence-corrected chi connectivity index (χ3v) is 21.4. The molecule has 2 rings (SSSR count). The monoisotopic (exact) mass is 425 g/mol. The van der Waals surface area contributed by atoms with E-state index in [1.165, 1.54) is 48.6 Å². The van der Waals surface area contributed by atoms with E-state index in [1.54, 1.807) is 28.4 Å². The van der Waals surface area contributed by atoms with Gasteiger partial charge < -0.3 is 0 Å². The SMILES string of the molecule is CCC[CH2][Sn]([CH2]CCC)([CH2]CCC)[c]1ccc2sncc2c1. The van der Waals surface area contributed by atoms with E-state index in [0.717, 1.165) is 0 Å². The van der Waals surface area contributed by atoms with E-state index in [2.05, 4.69) is 49.5 Å². The molecule has 0 radical (unpaired) electrons. The molecule has 0 unspecified atom stereocenters. The zero-order valence-electron chi connectivity index (χ0n) is 14.5. The predicted octanol–water partition coefficient (Wildman–Crippen LogP) is 6.35. The zero-order valence-corrected chi connectivity index (χ0v) is 18.2. The first-order valence-corrected chi connectivity index (χ1v) is 17.4. The Labute approximate surface area is 144 Å². The molecule has 1 nitrogen and oxygen atoms in total. The molecule has 122 valence electrons. The normalized spacial score (nSPS) is 12.1. The van der Waals surface area contributed by atoms with Crippen LogP contribution in [0.5, 0.6) is 0 Å². The van der Waals surface area contributed by atoms with Gasteiger partial charge in [-0.05, 0) is 0 Å². The van der Waals surface area contributed by atoms with Crippen molar-refractivity contribution in [3.05, 3.63) is 24.4 Å². The van der Waals surface area contributed by atoms with Crippen molar-refractivity contribution in [2.75, 3.05) is 0 Å². The summed E-state index contributed by atoms with van der Waals surface area (Å²) in [5.74, 6) is 0. The second kappa shape index (κ2) is 9.26. The summed E-state index contributed by atoms with van der Waals surface area (Å²) in [7, 11) is 0. The predicted molar refractivity (Wildman–Crippen MR) is 104 cm³/mol. The van der Waals surface area contributed by atoms with Crippen LogP contribution in [0, 0.1) is 0 Å². The molecule has 0 aliphatic rings. The molecular formula is C19H31NSSn. The van der Waals surface area contributed by atoms with Crippen molar-refractivity contribution in [2.24, 2.45) is 0 Å². The fourth-order valence-electron chi connectivity index (χ4n) is 3.56. The van der Waals surface area contributed by atoms with E-state index in [4.69, 9.17) is 0 Å². The second-order valence-electron chi connectivity index (χ2n) is 6.67. The van der Waals surface area contributed by atoms with Gasteiger partial charge in [0.25, 0.3) is 0 Å². The first kappa shape index (κ1) is 18.3. The van der Waals surface area contributed by atoms with E-state index >= 15 is 0 Å². The summed E-state index contributed by atoms with van der Waals surface area (Å²) in [6, 6.07) is 7.35. The van der Waals surface area contributed by atoms with Crippen molar-refractivity contribution >= 4 is 43.6 Å². The molecule has 3 heteroatoms. The average Bonchev–Trinajstić information content (AvgIpc) is 3.02. The molecule has 0 spiro atoms. The zero-order chi connectivity index (χ0) is 15.8. The van der Waals surface area contributed by atoms with E-state index in [-0.39, 0.29) is 0 Å². The molecule has 1 aromatic carbocycles. The van der Waals surface area contributed by atoms with Crippen LogP contribution in [0.25, 0.3) is 10.1 Å². The molecule has 0 aliphatic heterocycles. The van der Waals surface area contributed by atoms with Crippen molar-refractivity contribution in [1.82, 2.24) is 4.37 Å². The Morgan fingerprint density at radius 1 is 0.909 bits per heavy atom. The molecule has 0 saturated heterocycles. The summed E-state index contributed by atoms with van der Waals surface area (Å²) in [4.78, 5) is 0. The molecule has 1 heterocycles. The second-order valence-corrected chi connectivity index (χ2v) is 20.7. The standard InChI is InChI=1S/C7H4NS.3C4H9.Sn/c1-2-4-7-6(3-1)5-8-9-7;3*1-3-4-2;/h2-5H;3*1,3-4H2,2H3;. The maximum atomic E-state index is 4.38. The minimum atomic E-state index is -2.24. The fraction of sp³-hybridized carbons (Fsp3) is 0.632. The molecule has 0 amide bonds. The van der Waals surface area contributed by atoms with E-state index in [9.17, 15) is 0 Å². The van der Waals surface area contributed by atoms with Gasteiger partial charge in [-0.3, -0.25) is 0 Å². The third kappa shape index (κ3) is 4.47. The van der Waals surface area contributed by atoms with Crippen molar-refractivity contribution in [3.63, 3.8) is 0 Å². The van der Waals surface area contributed by atoms with Gasteiger partial charge in [0.2, 0.25) is 0 Å². The molecule has 0 N–H and O–H groups in total. The van der Waals surface area contributed by atoms with E-state index in [1.807, 2.05) is 0 Å².